The lowest BCUT2D eigenvalue weighted by Crippen LogP contribution is -2.45. The Balaban J connectivity index is 3.81. The highest BCUT2D eigenvalue weighted by molar-refractivity contribution is 4.65. The van der Waals surface area contributed by atoms with Gasteiger partial charge in [0.1, 0.15) is 0 Å². The lowest BCUT2D eigenvalue weighted by molar-refractivity contribution is -0.904. The summed E-state index contributed by atoms with van der Waals surface area (Å²) in [6, 6.07) is 0. The monoisotopic (exact) mass is 254 g/mol. The maximum atomic E-state index is 3.93. The first kappa shape index (κ1) is 17.7. The third-order valence-electron chi connectivity index (χ3n) is 3.92. The van der Waals surface area contributed by atoms with Crippen molar-refractivity contribution in [1.82, 2.24) is 0 Å². The van der Waals surface area contributed by atoms with Crippen LogP contribution in [0.1, 0.15) is 71.6 Å². The molecule has 0 aliphatic rings. The Labute approximate surface area is 116 Å². The van der Waals surface area contributed by atoms with Gasteiger partial charge in [-0.3, -0.25) is 0 Å². The first-order valence-corrected chi connectivity index (χ1v) is 8.13. The standard InChI is InChI=1S/C17H36N/c1-5-8-10-12-14-17-18(4,15-7-3)16-13-11-9-6-2/h7H,3,5-6,8-17H2,1-2,4H3/q+1. The Hall–Kier alpha value is -0.300. The van der Waals surface area contributed by atoms with Gasteiger partial charge in [-0.1, -0.05) is 52.5 Å². The fourth-order valence-corrected chi connectivity index (χ4v) is 2.62. The van der Waals surface area contributed by atoms with Crippen LogP contribution in [-0.2, 0) is 0 Å². The summed E-state index contributed by atoms with van der Waals surface area (Å²) in [6.45, 7) is 12.3. The Morgan fingerprint density at radius 3 is 1.67 bits per heavy atom. The Morgan fingerprint density at radius 1 is 0.778 bits per heavy atom. The van der Waals surface area contributed by atoms with E-state index in [4.69, 9.17) is 0 Å². The summed E-state index contributed by atoms with van der Waals surface area (Å²) in [5.41, 5.74) is 0. The van der Waals surface area contributed by atoms with Gasteiger partial charge in [0, 0.05) is 0 Å². The SMILES string of the molecule is C=CC[N+](C)(CCCCCC)CCCCCCC. The highest BCUT2D eigenvalue weighted by atomic mass is 15.3. The van der Waals surface area contributed by atoms with Gasteiger partial charge in [-0.15, -0.1) is 0 Å². The summed E-state index contributed by atoms with van der Waals surface area (Å²) in [4.78, 5) is 0. The van der Waals surface area contributed by atoms with Crippen molar-refractivity contribution in [3.05, 3.63) is 12.7 Å². The van der Waals surface area contributed by atoms with Crippen LogP contribution in [0.2, 0.25) is 0 Å². The zero-order valence-corrected chi connectivity index (χ0v) is 13.2. The third kappa shape index (κ3) is 9.70. The van der Waals surface area contributed by atoms with Gasteiger partial charge in [0.25, 0.3) is 0 Å². The van der Waals surface area contributed by atoms with Crippen molar-refractivity contribution in [3.63, 3.8) is 0 Å². The second kappa shape index (κ2) is 11.8. The molecule has 0 aliphatic heterocycles. The second-order valence-corrected chi connectivity index (χ2v) is 6.01. The molecule has 1 unspecified atom stereocenters. The van der Waals surface area contributed by atoms with Crippen molar-refractivity contribution in [3.8, 4) is 0 Å². The van der Waals surface area contributed by atoms with Crippen molar-refractivity contribution < 1.29 is 4.48 Å². The van der Waals surface area contributed by atoms with Crippen molar-refractivity contribution in [2.24, 2.45) is 0 Å². The van der Waals surface area contributed by atoms with E-state index in [1.54, 1.807) is 0 Å². The zero-order valence-electron chi connectivity index (χ0n) is 13.2. The van der Waals surface area contributed by atoms with Gasteiger partial charge in [-0.05, 0) is 31.8 Å². The maximum Gasteiger partial charge on any atom is 0.0969 e. The third-order valence-corrected chi connectivity index (χ3v) is 3.92. The van der Waals surface area contributed by atoms with Crippen molar-refractivity contribution in [2.45, 2.75) is 71.6 Å². The molecule has 0 saturated heterocycles. The molecular formula is C17H36N+. The molecule has 0 aliphatic carbocycles. The van der Waals surface area contributed by atoms with Crippen molar-refractivity contribution in [1.29, 1.82) is 0 Å². The predicted molar refractivity (Wildman–Crippen MR) is 83.9 cm³/mol. The molecule has 0 fully saturated rings. The summed E-state index contributed by atoms with van der Waals surface area (Å²) < 4.78 is 1.21. The van der Waals surface area contributed by atoms with Gasteiger partial charge in [-0.2, -0.15) is 0 Å². The molecule has 0 amide bonds. The van der Waals surface area contributed by atoms with Gasteiger partial charge < -0.3 is 4.48 Å². The number of likely N-dealkylation sites (N-methyl/N-ethyl adjacent to an activating group) is 1. The van der Waals surface area contributed by atoms with E-state index < -0.39 is 0 Å². The summed E-state index contributed by atoms with van der Waals surface area (Å²) >= 11 is 0. The smallest absolute Gasteiger partial charge is 0.0969 e. The molecule has 1 atom stereocenters. The first-order valence-electron chi connectivity index (χ1n) is 8.13. The largest absolute Gasteiger partial charge is 0.323 e. The number of hydrogen-bond acceptors (Lipinski definition) is 0. The molecule has 108 valence electrons. The topological polar surface area (TPSA) is 0 Å². The maximum absolute atomic E-state index is 3.93. The van der Waals surface area contributed by atoms with Gasteiger partial charge >= 0.3 is 0 Å². The highest BCUT2D eigenvalue weighted by Gasteiger charge is 2.18. The number of unbranched alkanes of at least 4 members (excludes halogenated alkanes) is 7. The summed E-state index contributed by atoms with van der Waals surface area (Å²) in [5.74, 6) is 0. The van der Waals surface area contributed by atoms with E-state index >= 15 is 0 Å². The Morgan fingerprint density at radius 2 is 1.22 bits per heavy atom. The van der Waals surface area contributed by atoms with Crippen LogP contribution >= 0.6 is 0 Å². The first-order chi connectivity index (χ1) is 8.68. The van der Waals surface area contributed by atoms with E-state index in [-0.39, 0.29) is 0 Å². The van der Waals surface area contributed by atoms with Crippen LogP contribution < -0.4 is 0 Å². The predicted octanol–water partition coefficient (Wildman–Crippen LogP) is 5.17. The second-order valence-electron chi connectivity index (χ2n) is 6.01. The number of quaternary nitrogens is 1. The quantitative estimate of drug-likeness (QED) is 0.242. The van der Waals surface area contributed by atoms with Gasteiger partial charge in [0.05, 0.1) is 26.7 Å². The zero-order chi connectivity index (χ0) is 13.7. The van der Waals surface area contributed by atoms with Gasteiger partial charge in [0.2, 0.25) is 0 Å². The number of nitrogens with zero attached hydrogens (tertiary/aromatic N) is 1. The van der Waals surface area contributed by atoms with Gasteiger partial charge in [0.15, 0.2) is 0 Å². The molecule has 18 heavy (non-hydrogen) atoms. The average molecular weight is 254 g/mol. The summed E-state index contributed by atoms with van der Waals surface area (Å²) in [6.07, 6.45) is 14.6. The van der Waals surface area contributed by atoms with E-state index in [1.165, 1.54) is 75.4 Å². The summed E-state index contributed by atoms with van der Waals surface area (Å²) in [5, 5.41) is 0. The molecular weight excluding hydrogens is 218 g/mol. The fraction of sp³-hybridized carbons (Fsp3) is 0.882. The van der Waals surface area contributed by atoms with E-state index in [9.17, 15) is 0 Å². The lowest BCUT2D eigenvalue weighted by Gasteiger charge is -2.34. The molecule has 0 aromatic rings. The average Bonchev–Trinajstić information content (AvgIpc) is 2.35. The Bertz CT molecular complexity index is 188. The molecule has 0 N–H and O–H groups in total. The van der Waals surface area contributed by atoms with Crippen LogP contribution in [0.3, 0.4) is 0 Å². The molecule has 0 bridgehead atoms. The van der Waals surface area contributed by atoms with E-state index in [0.717, 1.165) is 6.54 Å². The van der Waals surface area contributed by atoms with Crippen molar-refractivity contribution in [2.75, 3.05) is 26.7 Å². The molecule has 0 saturated carbocycles. The Kier molecular flexibility index (Phi) is 11.6. The van der Waals surface area contributed by atoms with Crippen molar-refractivity contribution >= 4 is 0 Å². The van der Waals surface area contributed by atoms with Crippen LogP contribution in [0.25, 0.3) is 0 Å². The normalized spacial score (nSPS) is 14.4. The molecule has 0 spiro atoms. The van der Waals surface area contributed by atoms with E-state index in [1.807, 2.05) is 0 Å². The lowest BCUT2D eigenvalue weighted by atomic mass is 10.1. The van der Waals surface area contributed by atoms with Crippen LogP contribution in [0.4, 0.5) is 0 Å². The number of rotatable bonds is 13. The van der Waals surface area contributed by atoms with E-state index in [2.05, 4.69) is 33.6 Å². The van der Waals surface area contributed by atoms with Crippen LogP contribution in [0.15, 0.2) is 12.7 Å². The summed E-state index contributed by atoms with van der Waals surface area (Å²) in [7, 11) is 2.41. The minimum Gasteiger partial charge on any atom is -0.323 e. The molecule has 0 heterocycles. The van der Waals surface area contributed by atoms with Gasteiger partial charge in [-0.25, -0.2) is 0 Å². The molecule has 0 aromatic heterocycles. The molecule has 0 radical (unpaired) electrons. The fourth-order valence-electron chi connectivity index (χ4n) is 2.62. The molecule has 1 nitrogen and oxygen atoms in total. The molecule has 0 aromatic carbocycles. The minimum absolute atomic E-state index is 1.14. The molecule has 1 heteroatoms. The minimum atomic E-state index is 1.14. The number of hydrogen-bond donors (Lipinski definition) is 0. The van der Waals surface area contributed by atoms with Crippen LogP contribution in [0, 0.1) is 0 Å². The highest BCUT2D eigenvalue weighted by Crippen LogP contribution is 2.12. The van der Waals surface area contributed by atoms with Crippen LogP contribution in [0.5, 0.6) is 0 Å². The molecule has 0 rings (SSSR count). The van der Waals surface area contributed by atoms with Crippen LogP contribution in [-0.4, -0.2) is 31.2 Å². The van der Waals surface area contributed by atoms with E-state index in [0.29, 0.717) is 0 Å².